The number of rotatable bonds is 4. The number of hydrogen-bond acceptors (Lipinski definition) is 3. The maximum absolute atomic E-state index is 14.1. The zero-order valence-corrected chi connectivity index (χ0v) is 10.4. The number of carboxylic acid groups (broad SMARTS) is 1. The van der Waals surface area contributed by atoms with Gasteiger partial charge in [-0.15, -0.1) is 0 Å². The Hall–Kier alpha value is -1.78. The highest BCUT2D eigenvalue weighted by molar-refractivity contribution is 5.68. The molecule has 1 fully saturated rings. The second-order valence-electron chi connectivity index (χ2n) is 5.06. The Morgan fingerprint density at radius 3 is 2.53 bits per heavy atom. The van der Waals surface area contributed by atoms with Gasteiger partial charge < -0.3 is 14.6 Å². The zero-order chi connectivity index (χ0) is 13.4. The lowest BCUT2D eigenvalue weighted by molar-refractivity contribution is -0.137. The summed E-state index contributed by atoms with van der Waals surface area (Å²) in [6.07, 6.45) is 1.89. The van der Waals surface area contributed by atoms with E-state index in [4.69, 9.17) is 14.6 Å². The van der Waals surface area contributed by atoms with Crippen molar-refractivity contribution in [2.75, 3.05) is 13.2 Å². The molecule has 1 aromatic carbocycles. The van der Waals surface area contributed by atoms with Gasteiger partial charge in [0.05, 0.1) is 6.42 Å². The third kappa shape index (κ3) is 2.50. The summed E-state index contributed by atoms with van der Waals surface area (Å²) in [4.78, 5) is 10.9. The second kappa shape index (κ2) is 4.72. The molecular formula is C14H15FO4. The molecule has 0 bridgehead atoms. The fourth-order valence-electron chi connectivity index (χ4n) is 2.58. The van der Waals surface area contributed by atoms with Crippen molar-refractivity contribution in [2.45, 2.75) is 25.2 Å². The smallest absolute Gasteiger partial charge is 0.303 e. The van der Waals surface area contributed by atoms with Crippen molar-refractivity contribution >= 4 is 5.97 Å². The Labute approximate surface area is 110 Å². The van der Waals surface area contributed by atoms with Gasteiger partial charge in [0.15, 0.2) is 11.5 Å². The van der Waals surface area contributed by atoms with Crippen LogP contribution in [0.15, 0.2) is 12.1 Å². The predicted molar refractivity (Wildman–Crippen MR) is 65.1 cm³/mol. The van der Waals surface area contributed by atoms with Gasteiger partial charge >= 0.3 is 5.97 Å². The van der Waals surface area contributed by atoms with Crippen LogP contribution in [-0.2, 0) is 4.79 Å². The van der Waals surface area contributed by atoms with Crippen LogP contribution in [0.2, 0.25) is 0 Å². The van der Waals surface area contributed by atoms with E-state index in [0.717, 1.165) is 12.8 Å². The minimum absolute atomic E-state index is 0.0404. The molecular weight excluding hydrogens is 251 g/mol. The number of fused-ring (bicyclic) bond motifs is 1. The zero-order valence-electron chi connectivity index (χ0n) is 10.4. The second-order valence-corrected chi connectivity index (χ2v) is 5.06. The summed E-state index contributed by atoms with van der Waals surface area (Å²) < 4.78 is 24.9. The average molecular weight is 266 g/mol. The standard InChI is InChI=1S/C14H15FO4/c15-11-7-13-12(18-3-4-19-13)5-10(11)9(6-14(16)17)8-1-2-8/h5,7-9H,1-4,6H2,(H,16,17). The number of aliphatic carboxylic acids is 1. The number of hydrogen-bond donors (Lipinski definition) is 1. The summed E-state index contributed by atoms with van der Waals surface area (Å²) in [6.45, 7) is 0.845. The molecule has 1 aliphatic heterocycles. The first-order chi connectivity index (χ1) is 9.15. The average Bonchev–Trinajstić information content (AvgIpc) is 3.19. The predicted octanol–water partition coefficient (Wildman–Crippen LogP) is 2.57. The van der Waals surface area contributed by atoms with Crippen LogP contribution in [0.1, 0.15) is 30.7 Å². The normalized spacial score (nSPS) is 19.0. The minimum atomic E-state index is -0.897. The first-order valence-corrected chi connectivity index (χ1v) is 6.46. The first kappa shape index (κ1) is 12.3. The van der Waals surface area contributed by atoms with Crippen LogP contribution in [0.3, 0.4) is 0 Å². The van der Waals surface area contributed by atoms with E-state index in [9.17, 15) is 9.18 Å². The molecule has 0 saturated heterocycles. The Morgan fingerprint density at radius 2 is 1.95 bits per heavy atom. The monoisotopic (exact) mass is 266 g/mol. The highest BCUT2D eigenvalue weighted by Crippen LogP contribution is 2.47. The number of ether oxygens (including phenoxy) is 2. The van der Waals surface area contributed by atoms with Crippen LogP contribution < -0.4 is 9.47 Å². The molecule has 2 aliphatic rings. The molecule has 19 heavy (non-hydrogen) atoms. The van der Waals surface area contributed by atoms with Crippen molar-refractivity contribution in [1.82, 2.24) is 0 Å². The summed E-state index contributed by atoms with van der Waals surface area (Å²) in [6, 6.07) is 2.91. The lowest BCUT2D eigenvalue weighted by Gasteiger charge is -2.22. The molecule has 1 N–H and O–H groups in total. The SMILES string of the molecule is O=C(O)CC(c1cc2c(cc1F)OCCO2)C1CC1. The molecule has 0 aromatic heterocycles. The molecule has 1 atom stereocenters. The van der Waals surface area contributed by atoms with Crippen LogP contribution in [0.5, 0.6) is 11.5 Å². The molecule has 4 nitrogen and oxygen atoms in total. The Bertz CT molecular complexity index is 510. The molecule has 1 aromatic rings. The van der Waals surface area contributed by atoms with E-state index in [1.165, 1.54) is 6.07 Å². The molecule has 3 rings (SSSR count). The minimum Gasteiger partial charge on any atom is -0.486 e. The molecule has 5 heteroatoms. The van der Waals surface area contributed by atoms with Gasteiger partial charge in [-0.25, -0.2) is 4.39 Å². The van der Waals surface area contributed by atoms with E-state index >= 15 is 0 Å². The van der Waals surface area contributed by atoms with Crippen LogP contribution in [0.25, 0.3) is 0 Å². The molecule has 1 heterocycles. The largest absolute Gasteiger partial charge is 0.486 e. The lowest BCUT2D eigenvalue weighted by atomic mass is 9.90. The van der Waals surface area contributed by atoms with Crippen molar-refractivity contribution in [2.24, 2.45) is 5.92 Å². The van der Waals surface area contributed by atoms with Gasteiger partial charge in [0.1, 0.15) is 19.0 Å². The van der Waals surface area contributed by atoms with Crippen molar-refractivity contribution in [3.63, 3.8) is 0 Å². The molecule has 1 saturated carbocycles. The quantitative estimate of drug-likeness (QED) is 0.910. The van der Waals surface area contributed by atoms with Crippen LogP contribution in [0.4, 0.5) is 4.39 Å². The Morgan fingerprint density at radius 1 is 1.32 bits per heavy atom. The van der Waals surface area contributed by atoms with E-state index in [0.29, 0.717) is 30.3 Å². The summed E-state index contributed by atoms with van der Waals surface area (Å²) in [5, 5.41) is 8.97. The summed E-state index contributed by atoms with van der Waals surface area (Å²) in [5.41, 5.74) is 0.439. The summed E-state index contributed by atoms with van der Waals surface area (Å²) in [7, 11) is 0. The van der Waals surface area contributed by atoms with Crippen molar-refractivity contribution in [3.05, 3.63) is 23.5 Å². The van der Waals surface area contributed by atoms with Gasteiger partial charge in [0.25, 0.3) is 0 Å². The van der Waals surface area contributed by atoms with Crippen molar-refractivity contribution < 1.29 is 23.8 Å². The van der Waals surface area contributed by atoms with Crippen molar-refractivity contribution in [3.8, 4) is 11.5 Å². The molecule has 102 valence electrons. The topological polar surface area (TPSA) is 55.8 Å². The Kier molecular flexibility index (Phi) is 3.05. The molecule has 1 unspecified atom stereocenters. The molecule has 0 radical (unpaired) electrons. The van der Waals surface area contributed by atoms with Crippen LogP contribution in [0, 0.1) is 11.7 Å². The lowest BCUT2D eigenvalue weighted by Crippen LogP contribution is -2.17. The third-order valence-electron chi connectivity index (χ3n) is 3.65. The van der Waals surface area contributed by atoms with Gasteiger partial charge in [-0.05, 0) is 30.4 Å². The number of carbonyl (C=O) groups is 1. The highest BCUT2D eigenvalue weighted by atomic mass is 19.1. The van der Waals surface area contributed by atoms with E-state index < -0.39 is 11.8 Å². The van der Waals surface area contributed by atoms with E-state index in [2.05, 4.69) is 0 Å². The fourth-order valence-corrected chi connectivity index (χ4v) is 2.58. The maximum atomic E-state index is 14.1. The fraction of sp³-hybridized carbons (Fsp3) is 0.500. The van der Waals surface area contributed by atoms with Crippen LogP contribution >= 0.6 is 0 Å². The van der Waals surface area contributed by atoms with Crippen LogP contribution in [-0.4, -0.2) is 24.3 Å². The molecule has 0 amide bonds. The molecule has 0 spiro atoms. The van der Waals surface area contributed by atoms with E-state index in [1.807, 2.05) is 0 Å². The van der Waals surface area contributed by atoms with E-state index in [-0.39, 0.29) is 18.3 Å². The third-order valence-corrected chi connectivity index (χ3v) is 3.65. The number of benzene rings is 1. The maximum Gasteiger partial charge on any atom is 0.303 e. The first-order valence-electron chi connectivity index (χ1n) is 6.46. The van der Waals surface area contributed by atoms with E-state index in [1.54, 1.807) is 6.07 Å². The van der Waals surface area contributed by atoms with Gasteiger partial charge in [-0.1, -0.05) is 0 Å². The summed E-state index contributed by atoms with van der Waals surface area (Å²) >= 11 is 0. The van der Waals surface area contributed by atoms with Gasteiger partial charge in [-0.2, -0.15) is 0 Å². The number of halogens is 1. The van der Waals surface area contributed by atoms with Gasteiger partial charge in [0, 0.05) is 12.0 Å². The molecule has 1 aliphatic carbocycles. The highest BCUT2D eigenvalue weighted by Gasteiger charge is 2.36. The summed E-state index contributed by atoms with van der Waals surface area (Å²) in [5.74, 6) is -0.383. The van der Waals surface area contributed by atoms with Gasteiger partial charge in [0.2, 0.25) is 0 Å². The Balaban J connectivity index is 1.95. The number of carboxylic acids is 1. The van der Waals surface area contributed by atoms with Gasteiger partial charge in [-0.3, -0.25) is 4.79 Å². The van der Waals surface area contributed by atoms with Crippen molar-refractivity contribution in [1.29, 1.82) is 0 Å².